The Hall–Kier alpha value is -1.42. The minimum Gasteiger partial charge on any atom is -0.393 e. The molecule has 0 aliphatic rings. The van der Waals surface area contributed by atoms with E-state index in [2.05, 4.69) is 13.8 Å². The van der Waals surface area contributed by atoms with Crippen molar-refractivity contribution in [2.45, 2.75) is 27.2 Å². The van der Waals surface area contributed by atoms with E-state index in [0.717, 1.165) is 5.69 Å². The van der Waals surface area contributed by atoms with E-state index in [1.54, 1.807) is 4.90 Å². The Morgan fingerprint density at radius 1 is 1.26 bits per heavy atom. The predicted molar refractivity (Wildman–Crippen MR) is 84.2 cm³/mol. The smallest absolute Gasteiger partial charge is 0.230 e. The van der Waals surface area contributed by atoms with E-state index in [4.69, 9.17) is 18.0 Å². The van der Waals surface area contributed by atoms with E-state index in [9.17, 15) is 4.79 Å². The zero-order valence-corrected chi connectivity index (χ0v) is 12.6. The normalized spacial score (nSPS) is 12.2. The van der Waals surface area contributed by atoms with Crippen molar-refractivity contribution >= 4 is 28.8 Å². The number of anilines is 1. The number of hydrogen-bond acceptors (Lipinski definition) is 2. The fourth-order valence-electron chi connectivity index (χ4n) is 1.73. The molecule has 0 aliphatic carbocycles. The average molecular weight is 278 g/mol. The molecule has 0 heterocycles. The third-order valence-corrected chi connectivity index (χ3v) is 3.51. The average Bonchev–Trinajstić information content (AvgIpc) is 2.38. The predicted octanol–water partition coefficient (Wildman–Crippen LogP) is 2.99. The molecule has 0 aromatic heterocycles. The lowest BCUT2D eigenvalue weighted by molar-refractivity contribution is -0.123. The Bertz CT molecular complexity index is 431. The van der Waals surface area contributed by atoms with E-state index >= 15 is 0 Å². The van der Waals surface area contributed by atoms with E-state index in [-0.39, 0.29) is 11.8 Å². The highest BCUT2D eigenvalue weighted by Gasteiger charge is 2.23. The Kier molecular flexibility index (Phi) is 5.96. The van der Waals surface area contributed by atoms with Gasteiger partial charge in [0.2, 0.25) is 5.91 Å². The lowest BCUT2D eigenvalue weighted by Gasteiger charge is -2.27. The van der Waals surface area contributed by atoms with Gasteiger partial charge in [0.25, 0.3) is 0 Å². The molecule has 4 heteroatoms. The van der Waals surface area contributed by atoms with Gasteiger partial charge in [-0.05, 0) is 18.1 Å². The maximum atomic E-state index is 12.5. The van der Waals surface area contributed by atoms with Gasteiger partial charge in [0.1, 0.15) is 0 Å². The van der Waals surface area contributed by atoms with Crippen LogP contribution in [-0.2, 0) is 4.79 Å². The highest BCUT2D eigenvalue weighted by atomic mass is 32.1. The number of carbonyl (C=O) groups excluding carboxylic acids is 1. The number of nitrogens with two attached hydrogens (primary N) is 1. The molecule has 1 atom stereocenters. The number of benzene rings is 1. The van der Waals surface area contributed by atoms with Gasteiger partial charge < -0.3 is 10.6 Å². The molecule has 3 nitrogen and oxygen atoms in total. The van der Waals surface area contributed by atoms with Crippen LogP contribution in [0.3, 0.4) is 0 Å². The van der Waals surface area contributed by atoms with Crippen LogP contribution in [-0.4, -0.2) is 17.4 Å². The first-order valence-corrected chi connectivity index (χ1v) is 6.99. The summed E-state index contributed by atoms with van der Waals surface area (Å²) in [6, 6.07) is 9.66. The number of nitrogens with zero attached hydrogens (tertiary/aromatic N) is 1. The van der Waals surface area contributed by atoms with Gasteiger partial charge in [0.15, 0.2) is 0 Å². The van der Waals surface area contributed by atoms with E-state index < -0.39 is 0 Å². The maximum absolute atomic E-state index is 12.5. The number of carbonyl (C=O) groups is 1. The maximum Gasteiger partial charge on any atom is 0.230 e. The first-order valence-electron chi connectivity index (χ1n) is 6.58. The van der Waals surface area contributed by atoms with Crippen LogP contribution in [0.5, 0.6) is 0 Å². The van der Waals surface area contributed by atoms with Crippen LogP contribution in [0.4, 0.5) is 5.69 Å². The van der Waals surface area contributed by atoms with Crippen molar-refractivity contribution in [3.05, 3.63) is 30.3 Å². The van der Waals surface area contributed by atoms with Crippen molar-refractivity contribution in [2.75, 3.05) is 11.4 Å². The molecule has 104 valence electrons. The summed E-state index contributed by atoms with van der Waals surface area (Å²) >= 11 is 4.91. The largest absolute Gasteiger partial charge is 0.393 e. The van der Waals surface area contributed by atoms with Crippen LogP contribution in [0.15, 0.2) is 30.3 Å². The molecular weight excluding hydrogens is 256 g/mol. The van der Waals surface area contributed by atoms with Crippen molar-refractivity contribution in [1.82, 2.24) is 0 Å². The molecule has 0 saturated carbocycles. The third-order valence-electron chi connectivity index (χ3n) is 3.31. The van der Waals surface area contributed by atoms with Gasteiger partial charge in [-0.15, -0.1) is 0 Å². The van der Waals surface area contributed by atoms with Gasteiger partial charge in [0, 0.05) is 24.6 Å². The topological polar surface area (TPSA) is 46.3 Å². The summed E-state index contributed by atoms with van der Waals surface area (Å²) in [6.07, 6.45) is 0.542. The summed E-state index contributed by atoms with van der Waals surface area (Å²) in [6.45, 7) is 6.61. The quantitative estimate of drug-likeness (QED) is 0.814. The SMILES string of the molecule is CC(C)C(C)C(=O)N(CCC(N)=S)c1ccccc1. The van der Waals surface area contributed by atoms with Crippen LogP contribution >= 0.6 is 12.2 Å². The van der Waals surface area contributed by atoms with E-state index in [1.165, 1.54) is 0 Å². The van der Waals surface area contributed by atoms with Gasteiger partial charge in [-0.3, -0.25) is 4.79 Å². The molecule has 0 aliphatic heterocycles. The monoisotopic (exact) mass is 278 g/mol. The fraction of sp³-hybridized carbons (Fsp3) is 0.467. The van der Waals surface area contributed by atoms with Crippen molar-refractivity contribution in [3.8, 4) is 0 Å². The molecule has 0 fully saturated rings. The van der Waals surface area contributed by atoms with Crippen LogP contribution in [0.25, 0.3) is 0 Å². The lowest BCUT2D eigenvalue weighted by atomic mass is 9.96. The van der Waals surface area contributed by atoms with Gasteiger partial charge in [0.05, 0.1) is 4.99 Å². The molecule has 2 N–H and O–H groups in total. The summed E-state index contributed by atoms with van der Waals surface area (Å²) in [5.41, 5.74) is 6.45. The van der Waals surface area contributed by atoms with E-state index in [0.29, 0.717) is 23.9 Å². The lowest BCUT2D eigenvalue weighted by Crippen LogP contribution is -2.38. The van der Waals surface area contributed by atoms with Crippen LogP contribution in [0, 0.1) is 11.8 Å². The number of amides is 1. The van der Waals surface area contributed by atoms with E-state index in [1.807, 2.05) is 37.3 Å². The van der Waals surface area contributed by atoms with Crippen molar-refractivity contribution in [2.24, 2.45) is 17.6 Å². The van der Waals surface area contributed by atoms with Crippen molar-refractivity contribution < 1.29 is 4.79 Å². The Morgan fingerprint density at radius 2 is 1.84 bits per heavy atom. The molecule has 1 amide bonds. The second-order valence-corrected chi connectivity index (χ2v) is 5.60. The number of rotatable bonds is 6. The summed E-state index contributed by atoms with van der Waals surface area (Å²) in [4.78, 5) is 14.8. The number of thiocarbonyl (C=S) groups is 1. The molecule has 0 radical (unpaired) electrons. The van der Waals surface area contributed by atoms with Crippen LogP contribution in [0.2, 0.25) is 0 Å². The highest BCUT2D eigenvalue weighted by Crippen LogP contribution is 2.20. The van der Waals surface area contributed by atoms with Gasteiger partial charge in [-0.2, -0.15) is 0 Å². The molecule has 19 heavy (non-hydrogen) atoms. The Morgan fingerprint density at radius 3 is 2.32 bits per heavy atom. The fourth-order valence-corrected chi connectivity index (χ4v) is 1.82. The summed E-state index contributed by atoms with van der Waals surface area (Å²) in [7, 11) is 0. The van der Waals surface area contributed by atoms with Crippen LogP contribution in [0.1, 0.15) is 27.2 Å². The molecule has 1 unspecified atom stereocenters. The van der Waals surface area contributed by atoms with Gasteiger partial charge >= 0.3 is 0 Å². The molecule has 1 aromatic carbocycles. The second kappa shape index (κ2) is 7.24. The van der Waals surface area contributed by atoms with Crippen molar-refractivity contribution in [1.29, 1.82) is 0 Å². The van der Waals surface area contributed by atoms with Gasteiger partial charge in [-0.1, -0.05) is 51.2 Å². The zero-order valence-electron chi connectivity index (χ0n) is 11.8. The summed E-state index contributed by atoms with van der Waals surface area (Å²) in [5.74, 6) is 0.410. The van der Waals surface area contributed by atoms with Gasteiger partial charge in [-0.25, -0.2) is 0 Å². The third kappa shape index (κ3) is 4.63. The minimum atomic E-state index is -0.0217. The zero-order chi connectivity index (χ0) is 14.4. The highest BCUT2D eigenvalue weighted by molar-refractivity contribution is 7.80. The first-order chi connectivity index (χ1) is 8.93. The summed E-state index contributed by atoms with van der Waals surface area (Å²) < 4.78 is 0. The Labute approximate surface area is 120 Å². The van der Waals surface area contributed by atoms with Crippen LogP contribution < -0.4 is 10.6 Å². The molecule has 0 spiro atoms. The standard InChI is InChI=1S/C15H22N2OS/c1-11(2)12(3)15(18)17(10-9-14(16)19)13-7-5-4-6-8-13/h4-8,11-12H,9-10H2,1-3H3,(H2,16,19). The second-order valence-electron chi connectivity index (χ2n) is 5.07. The number of hydrogen-bond donors (Lipinski definition) is 1. The first kappa shape index (κ1) is 15.6. The molecular formula is C15H22N2OS. The Balaban J connectivity index is 2.92. The molecule has 1 rings (SSSR count). The minimum absolute atomic E-state index is 0.0217. The molecule has 0 bridgehead atoms. The molecule has 1 aromatic rings. The summed E-state index contributed by atoms with van der Waals surface area (Å²) in [5, 5.41) is 0. The van der Waals surface area contributed by atoms with Crippen molar-refractivity contribution in [3.63, 3.8) is 0 Å². The molecule has 0 saturated heterocycles. The number of para-hydroxylation sites is 1.